The highest BCUT2D eigenvalue weighted by Crippen LogP contribution is 2.43. The number of nitrogens with zero attached hydrogens (tertiary/aromatic N) is 5. The number of carbonyl (C=O) groups is 1. The first-order valence-corrected chi connectivity index (χ1v) is 23.1. The number of benzene rings is 3. The summed E-state index contributed by atoms with van der Waals surface area (Å²) in [5.74, 6) is 5.12. The lowest BCUT2D eigenvalue weighted by molar-refractivity contribution is -0.386. The Hall–Kier alpha value is -5.96. The molecule has 3 aliphatic rings. The smallest absolute Gasteiger partial charge is 0.312 e. The standard InChI is InChI=1S/C47H50ClN7O8S/c1-47(2)15-13-35(41(30-47)33-5-7-36(48)8-6-33)32-53-18-20-54(21-19-53)37-9-11-40(44(28-37)63-38-27-34-14-16-49-45(34)50-31-38)46(56)51-64(59,60)39-10-12-43(42(29-39)55(57)58)62-24-4-3-17-52-22-25-61-26-23-52/h5-12,14,16,27-29,31H,13,15,17-26,30,32H2,1-2H3,(H,49,50)(H,51,56). The molecule has 2 fully saturated rings. The minimum atomic E-state index is -4.61. The molecule has 2 saturated heterocycles. The van der Waals surface area contributed by atoms with Crippen molar-refractivity contribution in [2.75, 3.05) is 77.1 Å². The summed E-state index contributed by atoms with van der Waals surface area (Å²) in [6.45, 7) is 11.7. The molecule has 8 rings (SSSR count). The molecule has 1 aliphatic carbocycles. The third-order valence-electron chi connectivity index (χ3n) is 11.8. The van der Waals surface area contributed by atoms with E-state index in [1.54, 1.807) is 24.4 Å². The topological polar surface area (TPSA) is 172 Å². The highest BCUT2D eigenvalue weighted by molar-refractivity contribution is 7.90. The van der Waals surface area contributed by atoms with Gasteiger partial charge in [0.25, 0.3) is 15.9 Å². The number of hydrogen-bond acceptors (Lipinski definition) is 12. The molecule has 64 heavy (non-hydrogen) atoms. The summed E-state index contributed by atoms with van der Waals surface area (Å²) in [6, 6.07) is 19.9. The number of aromatic nitrogens is 2. The molecule has 0 radical (unpaired) electrons. The zero-order valence-electron chi connectivity index (χ0n) is 35.8. The van der Waals surface area contributed by atoms with Crippen LogP contribution in [0.2, 0.25) is 5.02 Å². The summed E-state index contributed by atoms with van der Waals surface area (Å²) in [7, 11) is -4.61. The van der Waals surface area contributed by atoms with Gasteiger partial charge in [0, 0.05) is 80.2 Å². The number of rotatable bonds is 13. The molecule has 0 spiro atoms. The summed E-state index contributed by atoms with van der Waals surface area (Å²) in [4.78, 5) is 39.0. The number of nitro groups is 1. The summed E-state index contributed by atoms with van der Waals surface area (Å²) in [5.41, 5.74) is 5.10. The lowest BCUT2D eigenvalue weighted by atomic mass is 9.72. The van der Waals surface area contributed by atoms with Crippen LogP contribution in [0.15, 0.2) is 95.7 Å². The van der Waals surface area contributed by atoms with Gasteiger partial charge in [0.2, 0.25) is 0 Å². The number of piperazine rings is 1. The van der Waals surface area contributed by atoms with E-state index in [1.165, 1.54) is 35.0 Å². The van der Waals surface area contributed by atoms with E-state index in [-0.39, 0.29) is 29.1 Å². The molecule has 334 valence electrons. The Balaban J connectivity index is 0.980. The maximum Gasteiger partial charge on any atom is 0.312 e. The van der Waals surface area contributed by atoms with E-state index in [1.807, 2.05) is 18.2 Å². The lowest BCUT2D eigenvalue weighted by Crippen LogP contribution is -2.47. The number of amides is 1. The van der Waals surface area contributed by atoms with Crippen LogP contribution in [0.25, 0.3) is 16.6 Å². The number of anilines is 1. The Bertz CT molecular complexity index is 2730. The monoisotopic (exact) mass is 907 g/mol. The number of nitrogens with one attached hydrogen (secondary N) is 2. The fraction of sp³-hybridized carbons (Fsp3) is 0.362. The van der Waals surface area contributed by atoms with Crippen molar-refractivity contribution < 1.29 is 32.3 Å². The Morgan fingerprint density at radius 3 is 2.52 bits per heavy atom. The number of nitro benzene ring substituents is 1. The van der Waals surface area contributed by atoms with Gasteiger partial charge in [0.15, 0.2) is 5.75 Å². The van der Waals surface area contributed by atoms with Gasteiger partial charge < -0.3 is 24.1 Å². The van der Waals surface area contributed by atoms with E-state index in [0.717, 1.165) is 80.2 Å². The van der Waals surface area contributed by atoms with Gasteiger partial charge in [-0.3, -0.25) is 24.7 Å². The number of ether oxygens (including phenoxy) is 3. The van der Waals surface area contributed by atoms with E-state index in [9.17, 15) is 23.3 Å². The molecule has 15 nitrogen and oxygen atoms in total. The van der Waals surface area contributed by atoms with Gasteiger partial charge in [-0.1, -0.05) is 55.0 Å². The lowest BCUT2D eigenvalue weighted by Gasteiger charge is -2.39. The number of sulfonamides is 1. The van der Waals surface area contributed by atoms with Crippen molar-refractivity contribution in [1.82, 2.24) is 24.5 Å². The molecular weight excluding hydrogens is 858 g/mol. The third-order valence-corrected chi connectivity index (χ3v) is 13.4. The molecule has 0 unspecified atom stereocenters. The first-order valence-electron chi connectivity index (χ1n) is 21.2. The largest absolute Gasteiger partial charge is 0.474 e. The average Bonchev–Trinajstić information content (AvgIpc) is 3.76. The van der Waals surface area contributed by atoms with E-state index in [4.69, 9.17) is 25.8 Å². The van der Waals surface area contributed by atoms with Crippen LogP contribution in [0.5, 0.6) is 17.2 Å². The van der Waals surface area contributed by atoms with Crippen molar-refractivity contribution in [3.63, 3.8) is 0 Å². The number of allylic oxidation sites excluding steroid dienone is 1. The second-order valence-corrected chi connectivity index (χ2v) is 19.0. The van der Waals surface area contributed by atoms with Gasteiger partial charge in [-0.15, -0.1) is 0 Å². The van der Waals surface area contributed by atoms with Crippen LogP contribution in [0, 0.1) is 27.4 Å². The normalized spacial score (nSPS) is 17.1. The number of H-pyrrole nitrogens is 1. The molecule has 0 saturated carbocycles. The van der Waals surface area contributed by atoms with Gasteiger partial charge in [-0.2, -0.15) is 0 Å². The molecule has 2 aliphatic heterocycles. The molecular formula is C47H50ClN7O8S. The Morgan fingerprint density at radius 2 is 1.75 bits per heavy atom. The first kappa shape index (κ1) is 44.6. The van der Waals surface area contributed by atoms with Crippen molar-refractivity contribution in [1.29, 1.82) is 0 Å². The highest BCUT2D eigenvalue weighted by Gasteiger charge is 2.30. The van der Waals surface area contributed by atoms with E-state index < -0.39 is 31.4 Å². The van der Waals surface area contributed by atoms with E-state index in [0.29, 0.717) is 44.2 Å². The van der Waals surface area contributed by atoms with Gasteiger partial charge in [0.1, 0.15) is 23.8 Å². The maximum absolute atomic E-state index is 13.9. The second kappa shape index (κ2) is 19.4. The fourth-order valence-electron chi connectivity index (χ4n) is 8.24. The van der Waals surface area contributed by atoms with Gasteiger partial charge >= 0.3 is 5.69 Å². The Labute approximate surface area is 377 Å². The zero-order chi connectivity index (χ0) is 44.8. The molecule has 2 aromatic heterocycles. The van der Waals surface area contributed by atoms with Gasteiger partial charge in [-0.25, -0.2) is 18.1 Å². The van der Waals surface area contributed by atoms with Crippen LogP contribution in [0.3, 0.4) is 0 Å². The number of carbonyl (C=O) groups excluding carboxylic acids is 1. The van der Waals surface area contributed by atoms with Gasteiger partial charge in [-0.05, 0) is 84.3 Å². The second-order valence-electron chi connectivity index (χ2n) is 16.9. The number of hydrogen-bond donors (Lipinski definition) is 2. The first-order chi connectivity index (χ1) is 30.8. The Morgan fingerprint density at radius 1 is 0.969 bits per heavy atom. The van der Waals surface area contributed by atoms with Crippen LogP contribution >= 0.6 is 11.6 Å². The molecule has 0 bridgehead atoms. The maximum atomic E-state index is 13.9. The Kier molecular flexibility index (Phi) is 13.5. The number of aromatic amines is 1. The van der Waals surface area contributed by atoms with E-state index in [2.05, 4.69) is 67.2 Å². The summed E-state index contributed by atoms with van der Waals surface area (Å²) in [5, 5.41) is 13.5. The summed E-state index contributed by atoms with van der Waals surface area (Å²) < 4.78 is 46.6. The zero-order valence-corrected chi connectivity index (χ0v) is 37.3. The summed E-state index contributed by atoms with van der Waals surface area (Å²) >= 11 is 6.24. The van der Waals surface area contributed by atoms with Gasteiger partial charge in [0.05, 0.1) is 41.3 Å². The summed E-state index contributed by atoms with van der Waals surface area (Å²) in [6.07, 6.45) is 6.44. The van der Waals surface area contributed by atoms with Crippen LogP contribution in [0.1, 0.15) is 49.0 Å². The van der Waals surface area contributed by atoms with Crippen molar-refractivity contribution in [2.45, 2.75) is 38.0 Å². The van der Waals surface area contributed by atoms with Crippen LogP contribution in [-0.2, 0) is 14.8 Å². The van der Waals surface area contributed by atoms with E-state index >= 15 is 0 Å². The minimum Gasteiger partial charge on any atom is -0.474 e. The number of pyridine rings is 1. The molecule has 4 heterocycles. The molecule has 0 atom stereocenters. The van der Waals surface area contributed by atoms with Crippen LogP contribution in [0.4, 0.5) is 11.4 Å². The number of fused-ring (bicyclic) bond motifs is 1. The number of halogens is 1. The molecule has 1 amide bonds. The molecule has 5 aromatic rings. The SMILES string of the molecule is CC1(C)CCC(CN2CCN(c3ccc(C(=O)NS(=O)(=O)c4ccc(OCC#CCN5CCOCC5)c([N+](=O)[O-])c4)c(Oc4cnc5[nH]ccc5c4)c3)CC2)=C(c2ccc(Cl)cc2)C1. The fourth-order valence-corrected chi connectivity index (χ4v) is 9.35. The van der Waals surface area contributed by atoms with Crippen LogP contribution < -0.4 is 19.1 Å². The predicted octanol–water partition coefficient (Wildman–Crippen LogP) is 7.54. The minimum absolute atomic E-state index is 0.0628. The number of morpholine rings is 1. The predicted molar refractivity (Wildman–Crippen MR) is 246 cm³/mol. The molecule has 17 heteroatoms. The average molecular weight is 908 g/mol. The highest BCUT2D eigenvalue weighted by atomic mass is 35.5. The molecule has 2 N–H and O–H groups in total. The third kappa shape index (κ3) is 10.9. The van der Waals surface area contributed by atoms with Crippen molar-refractivity contribution >= 4 is 55.5 Å². The quantitative estimate of drug-likeness (QED) is 0.0677. The van der Waals surface area contributed by atoms with Crippen molar-refractivity contribution in [2.24, 2.45) is 5.41 Å². The van der Waals surface area contributed by atoms with Crippen LogP contribution in [-0.4, -0.2) is 111 Å². The van der Waals surface area contributed by atoms with Crippen molar-refractivity contribution in [3.05, 3.63) is 117 Å². The molecule has 3 aromatic carbocycles. The van der Waals surface area contributed by atoms with Crippen molar-refractivity contribution in [3.8, 4) is 29.1 Å².